The van der Waals surface area contributed by atoms with E-state index in [9.17, 15) is 9.90 Å². The fourth-order valence-electron chi connectivity index (χ4n) is 7.96. The number of fused-ring (bicyclic) bond motifs is 1. The number of pyridine rings is 1. The second kappa shape index (κ2) is 11.8. The van der Waals surface area contributed by atoms with Crippen molar-refractivity contribution in [3.8, 4) is 22.8 Å². The third-order valence-electron chi connectivity index (χ3n) is 10.6. The summed E-state index contributed by atoms with van der Waals surface area (Å²) in [6.07, 6.45) is 9.42. The van der Waals surface area contributed by atoms with Gasteiger partial charge in [0, 0.05) is 29.9 Å². The van der Waals surface area contributed by atoms with Crippen LogP contribution < -0.4 is 9.47 Å². The fourth-order valence-corrected chi connectivity index (χ4v) is 7.96. The topological polar surface area (TPSA) is 71.9 Å². The molecule has 1 saturated carbocycles. The van der Waals surface area contributed by atoms with E-state index in [0.29, 0.717) is 11.8 Å². The van der Waals surface area contributed by atoms with Crippen molar-refractivity contribution in [1.82, 2.24) is 9.88 Å². The summed E-state index contributed by atoms with van der Waals surface area (Å²) < 4.78 is 12.3. The first kappa shape index (κ1) is 30.6. The molecule has 44 heavy (non-hydrogen) atoms. The summed E-state index contributed by atoms with van der Waals surface area (Å²) >= 11 is 0. The van der Waals surface area contributed by atoms with Gasteiger partial charge < -0.3 is 14.6 Å². The van der Waals surface area contributed by atoms with Crippen LogP contribution in [0, 0.1) is 11.8 Å². The summed E-state index contributed by atoms with van der Waals surface area (Å²) in [7, 11) is 1.66. The van der Waals surface area contributed by atoms with Gasteiger partial charge in [-0.2, -0.15) is 0 Å². The number of methoxy groups -OCH3 is 1. The molecule has 1 N–H and O–H groups in total. The fraction of sp³-hybridized carbons (Fsp3) is 0.526. The average Bonchev–Trinajstić information content (AvgIpc) is 3.83. The molecule has 3 aliphatic rings. The lowest BCUT2D eigenvalue weighted by molar-refractivity contribution is -0.142. The number of piperidine rings is 1. The quantitative estimate of drug-likeness (QED) is 0.267. The van der Waals surface area contributed by atoms with Gasteiger partial charge in [0.1, 0.15) is 11.9 Å². The van der Waals surface area contributed by atoms with E-state index in [0.717, 1.165) is 49.1 Å². The smallest absolute Gasteiger partial charge is 0.306 e. The number of benzene rings is 2. The number of aryl methyl sites for hydroxylation is 1. The lowest BCUT2D eigenvalue weighted by Gasteiger charge is -2.53. The van der Waals surface area contributed by atoms with Crippen molar-refractivity contribution in [1.29, 1.82) is 0 Å². The summed E-state index contributed by atoms with van der Waals surface area (Å²) in [4.78, 5) is 19.0. The van der Waals surface area contributed by atoms with Gasteiger partial charge in [-0.05, 0) is 130 Å². The molecule has 0 radical (unpaired) electrons. The number of carboxylic acid groups (broad SMARTS) is 1. The Hall–Kier alpha value is -3.38. The predicted molar refractivity (Wildman–Crippen MR) is 174 cm³/mol. The van der Waals surface area contributed by atoms with Crippen molar-refractivity contribution in [2.24, 2.45) is 11.8 Å². The zero-order valence-corrected chi connectivity index (χ0v) is 27.2. The highest BCUT2D eigenvalue weighted by Gasteiger charge is 2.42. The Morgan fingerprint density at radius 2 is 1.80 bits per heavy atom. The van der Waals surface area contributed by atoms with E-state index in [1.807, 2.05) is 19.2 Å². The van der Waals surface area contributed by atoms with E-state index >= 15 is 0 Å². The molecule has 1 aromatic heterocycles. The second-order valence-electron chi connectivity index (χ2n) is 14.6. The van der Waals surface area contributed by atoms with E-state index in [2.05, 4.69) is 80.0 Å². The Kier molecular flexibility index (Phi) is 8.25. The number of carboxylic acids is 1. The number of hydrogen-bond donors (Lipinski definition) is 1. The maximum atomic E-state index is 11.9. The van der Waals surface area contributed by atoms with Crippen molar-refractivity contribution in [3.63, 3.8) is 0 Å². The van der Waals surface area contributed by atoms with Gasteiger partial charge in [0.05, 0.1) is 13.0 Å². The Morgan fingerprint density at radius 3 is 2.48 bits per heavy atom. The number of nitrogens with zero attached hydrogens (tertiary/aromatic N) is 2. The Balaban J connectivity index is 1.35. The van der Waals surface area contributed by atoms with Crippen LogP contribution in [0.25, 0.3) is 11.1 Å². The molecule has 1 saturated heterocycles. The van der Waals surface area contributed by atoms with Crippen molar-refractivity contribution >= 4 is 5.97 Å². The minimum atomic E-state index is -0.724. The highest BCUT2D eigenvalue weighted by atomic mass is 16.5. The van der Waals surface area contributed by atoms with Gasteiger partial charge in [0.25, 0.3) is 0 Å². The molecule has 3 atom stereocenters. The third kappa shape index (κ3) is 6.10. The van der Waals surface area contributed by atoms with Gasteiger partial charge in [-0.3, -0.25) is 9.69 Å². The SMILES string of the molecule is COc1cc(-c2ccc([C@@H]3CCc4ccc(C(C5CC5)[C@H](C)C(=O)O)cc4O3)cc2CN2C(C)(C)CCCC2(C)C)ccn1. The summed E-state index contributed by atoms with van der Waals surface area (Å²) in [5.41, 5.74) is 7.25. The Morgan fingerprint density at radius 1 is 1.05 bits per heavy atom. The lowest BCUT2D eigenvalue weighted by atomic mass is 9.79. The molecule has 2 aromatic carbocycles. The third-order valence-corrected chi connectivity index (χ3v) is 10.6. The maximum Gasteiger partial charge on any atom is 0.306 e. The first-order valence-corrected chi connectivity index (χ1v) is 16.4. The van der Waals surface area contributed by atoms with E-state index in [4.69, 9.17) is 9.47 Å². The molecule has 234 valence electrons. The molecular weight excluding hydrogens is 548 g/mol. The Bertz CT molecular complexity index is 1510. The zero-order chi connectivity index (χ0) is 31.2. The van der Waals surface area contributed by atoms with Crippen LogP contribution in [-0.2, 0) is 17.8 Å². The molecule has 2 fully saturated rings. The molecule has 0 amide bonds. The monoisotopic (exact) mass is 596 g/mol. The van der Waals surface area contributed by atoms with Crippen molar-refractivity contribution in [2.75, 3.05) is 7.11 Å². The van der Waals surface area contributed by atoms with Crippen molar-refractivity contribution in [3.05, 3.63) is 77.0 Å². The van der Waals surface area contributed by atoms with Crippen LogP contribution in [-0.4, -0.2) is 39.1 Å². The first-order valence-electron chi connectivity index (χ1n) is 16.4. The summed E-state index contributed by atoms with van der Waals surface area (Å²) in [6.45, 7) is 12.2. The standard InChI is InChI=1S/C38H48N2O4/c1-24(36(41)42)35(26-9-10-26)29-11-8-25-13-15-32(44-33(25)21-29)28-12-14-31(27-16-19-39-34(22-27)43-6)30(20-28)23-40-37(2,3)17-7-18-38(40,4)5/h8,11-12,14,16,19-22,24,26,32,35H,7,9-10,13,15,17-18,23H2,1-6H3,(H,41,42)/t24-,32-,35?/m0/s1. The average molecular weight is 597 g/mol. The molecule has 1 unspecified atom stereocenters. The number of ether oxygens (including phenoxy) is 2. The zero-order valence-electron chi connectivity index (χ0n) is 27.2. The highest BCUT2D eigenvalue weighted by Crippen LogP contribution is 2.48. The van der Waals surface area contributed by atoms with Gasteiger partial charge in [-0.15, -0.1) is 0 Å². The van der Waals surface area contributed by atoms with E-state index in [1.54, 1.807) is 7.11 Å². The van der Waals surface area contributed by atoms with Crippen LogP contribution in [0.5, 0.6) is 11.6 Å². The minimum absolute atomic E-state index is 0.0290. The molecule has 6 nitrogen and oxygen atoms in total. The molecule has 0 spiro atoms. The summed E-state index contributed by atoms with van der Waals surface area (Å²) in [6, 6.07) is 17.4. The largest absolute Gasteiger partial charge is 0.485 e. The van der Waals surface area contributed by atoms with Gasteiger partial charge >= 0.3 is 5.97 Å². The molecule has 6 rings (SSSR count). The van der Waals surface area contributed by atoms with Crippen LogP contribution in [0.2, 0.25) is 0 Å². The molecule has 2 aliphatic heterocycles. The van der Waals surface area contributed by atoms with Crippen LogP contribution in [0.4, 0.5) is 0 Å². The lowest BCUT2D eigenvalue weighted by Crippen LogP contribution is -2.57. The first-order chi connectivity index (χ1) is 21.0. The maximum absolute atomic E-state index is 11.9. The van der Waals surface area contributed by atoms with Gasteiger partial charge in [0.2, 0.25) is 5.88 Å². The highest BCUT2D eigenvalue weighted by molar-refractivity contribution is 5.71. The summed E-state index contributed by atoms with van der Waals surface area (Å²) in [5.74, 6) is 0.860. The molecule has 3 aromatic rings. The van der Waals surface area contributed by atoms with E-state index < -0.39 is 11.9 Å². The molecule has 1 aliphatic carbocycles. The normalized spacial score (nSPS) is 22.4. The van der Waals surface area contributed by atoms with Crippen LogP contribution >= 0.6 is 0 Å². The van der Waals surface area contributed by atoms with Crippen molar-refractivity contribution < 1.29 is 19.4 Å². The number of rotatable bonds is 9. The minimum Gasteiger partial charge on any atom is -0.485 e. The second-order valence-corrected chi connectivity index (χ2v) is 14.6. The number of aliphatic carboxylic acids is 1. The van der Waals surface area contributed by atoms with E-state index in [-0.39, 0.29) is 23.1 Å². The number of hydrogen-bond acceptors (Lipinski definition) is 5. The van der Waals surface area contributed by atoms with Gasteiger partial charge in [-0.25, -0.2) is 4.98 Å². The number of likely N-dealkylation sites (tertiary alicyclic amines) is 1. The van der Waals surface area contributed by atoms with Crippen LogP contribution in [0.15, 0.2) is 54.7 Å². The predicted octanol–water partition coefficient (Wildman–Crippen LogP) is 8.58. The Labute approximate surface area is 262 Å². The molecular formula is C38H48N2O4. The van der Waals surface area contributed by atoms with E-state index in [1.165, 1.54) is 41.5 Å². The molecule has 6 heteroatoms. The van der Waals surface area contributed by atoms with Crippen LogP contribution in [0.1, 0.15) is 107 Å². The molecule has 3 heterocycles. The van der Waals surface area contributed by atoms with Gasteiger partial charge in [-0.1, -0.05) is 37.3 Å². The number of carbonyl (C=O) groups is 1. The van der Waals surface area contributed by atoms with Crippen LogP contribution in [0.3, 0.4) is 0 Å². The van der Waals surface area contributed by atoms with Gasteiger partial charge in [0.15, 0.2) is 0 Å². The van der Waals surface area contributed by atoms with Crippen molar-refractivity contribution in [2.45, 2.75) is 109 Å². The summed E-state index contributed by atoms with van der Waals surface area (Å²) in [5, 5.41) is 9.82. The molecule has 0 bridgehead atoms. The number of aromatic nitrogens is 1.